The van der Waals surface area contributed by atoms with Crippen LogP contribution in [0.4, 0.5) is 0 Å². The van der Waals surface area contributed by atoms with E-state index < -0.39 is 5.97 Å². The van der Waals surface area contributed by atoms with Gasteiger partial charge < -0.3 is 10.2 Å². The average molecular weight is 395 g/mol. The second kappa shape index (κ2) is 6.38. The molecular formula is C24H23ClO3. The lowest BCUT2D eigenvalue weighted by Gasteiger charge is -2.34. The molecule has 6 rings (SSSR count). The van der Waals surface area contributed by atoms with Crippen LogP contribution in [0.3, 0.4) is 0 Å². The van der Waals surface area contributed by atoms with E-state index in [1.807, 2.05) is 24.3 Å². The van der Waals surface area contributed by atoms with Gasteiger partial charge in [0.2, 0.25) is 0 Å². The fourth-order valence-corrected chi connectivity index (χ4v) is 6.67. The van der Waals surface area contributed by atoms with Crippen LogP contribution in [0.5, 0.6) is 5.75 Å². The third-order valence-electron chi connectivity index (χ3n) is 7.25. The normalized spacial score (nSPS) is 30.4. The molecule has 0 aromatic heterocycles. The number of carboxylic acids is 1. The molecule has 0 saturated heterocycles. The maximum Gasteiger partial charge on any atom is 0.328 e. The van der Waals surface area contributed by atoms with Gasteiger partial charge in [-0.05, 0) is 85.3 Å². The number of benzene rings is 2. The molecule has 2 unspecified atom stereocenters. The van der Waals surface area contributed by atoms with E-state index in [4.69, 9.17) is 16.7 Å². The molecule has 0 radical (unpaired) electrons. The number of carboxylic acid groups (broad SMARTS) is 1. The van der Waals surface area contributed by atoms with Crippen LogP contribution in [0.2, 0.25) is 5.02 Å². The number of rotatable bonds is 4. The van der Waals surface area contributed by atoms with E-state index in [0.29, 0.717) is 16.7 Å². The lowest BCUT2D eigenvalue weighted by Crippen LogP contribution is -2.27. The molecule has 0 heterocycles. The van der Waals surface area contributed by atoms with Gasteiger partial charge in [-0.15, -0.1) is 0 Å². The first-order valence-corrected chi connectivity index (χ1v) is 10.4. The van der Waals surface area contributed by atoms with Crippen molar-refractivity contribution in [2.75, 3.05) is 0 Å². The summed E-state index contributed by atoms with van der Waals surface area (Å²) in [5, 5.41) is 20.1. The minimum atomic E-state index is -0.983. The van der Waals surface area contributed by atoms with Crippen LogP contribution in [0.25, 0.3) is 17.2 Å². The van der Waals surface area contributed by atoms with Gasteiger partial charge in [0, 0.05) is 27.6 Å². The summed E-state index contributed by atoms with van der Waals surface area (Å²) in [5.41, 5.74) is 3.91. The lowest BCUT2D eigenvalue weighted by atomic mass is 9.70. The van der Waals surface area contributed by atoms with Gasteiger partial charge in [-0.25, -0.2) is 4.79 Å². The van der Waals surface area contributed by atoms with Crippen LogP contribution in [0.1, 0.15) is 43.2 Å². The van der Waals surface area contributed by atoms with Gasteiger partial charge >= 0.3 is 5.97 Å². The summed E-state index contributed by atoms with van der Waals surface area (Å²) in [5.74, 6) is 1.78. The van der Waals surface area contributed by atoms with Gasteiger partial charge in [-0.3, -0.25) is 0 Å². The van der Waals surface area contributed by atoms with Crippen molar-refractivity contribution in [3.63, 3.8) is 0 Å². The molecule has 4 bridgehead atoms. The lowest BCUT2D eigenvalue weighted by molar-refractivity contribution is -0.131. The zero-order valence-electron chi connectivity index (χ0n) is 15.6. The van der Waals surface area contributed by atoms with Crippen molar-refractivity contribution in [2.45, 2.75) is 37.5 Å². The highest BCUT2D eigenvalue weighted by atomic mass is 35.5. The Morgan fingerprint density at radius 2 is 1.82 bits per heavy atom. The number of hydrogen-bond acceptors (Lipinski definition) is 2. The molecule has 4 saturated carbocycles. The molecule has 4 fully saturated rings. The van der Waals surface area contributed by atoms with Crippen molar-refractivity contribution in [2.24, 2.45) is 17.8 Å². The minimum absolute atomic E-state index is 0.143. The zero-order valence-corrected chi connectivity index (χ0v) is 16.3. The first-order valence-electron chi connectivity index (χ1n) is 9.99. The summed E-state index contributed by atoms with van der Waals surface area (Å²) >= 11 is 6.53. The topological polar surface area (TPSA) is 57.5 Å². The first-order chi connectivity index (χ1) is 13.4. The average Bonchev–Trinajstić information content (AvgIpc) is 3.05. The molecule has 0 aliphatic heterocycles. The fourth-order valence-electron chi connectivity index (χ4n) is 6.38. The van der Waals surface area contributed by atoms with E-state index >= 15 is 0 Å². The van der Waals surface area contributed by atoms with Crippen molar-refractivity contribution in [1.29, 1.82) is 0 Å². The van der Waals surface area contributed by atoms with Gasteiger partial charge in [-0.2, -0.15) is 0 Å². The predicted molar refractivity (Wildman–Crippen MR) is 110 cm³/mol. The molecule has 144 valence electrons. The molecule has 28 heavy (non-hydrogen) atoms. The SMILES string of the molecule is O=C(O)/C=C/c1ccc(-c2ccc(O)c(C34C[C@@H]5CC3C[C@@H](C5)C4)c2)c(Cl)c1. The minimum Gasteiger partial charge on any atom is -0.508 e. The number of phenolic OH excluding ortho intramolecular Hbond substituents is 1. The summed E-state index contributed by atoms with van der Waals surface area (Å²) in [6, 6.07) is 11.5. The monoisotopic (exact) mass is 394 g/mol. The summed E-state index contributed by atoms with van der Waals surface area (Å²) in [7, 11) is 0. The van der Waals surface area contributed by atoms with E-state index in [0.717, 1.165) is 40.2 Å². The van der Waals surface area contributed by atoms with E-state index in [1.54, 1.807) is 6.07 Å². The van der Waals surface area contributed by atoms with Gasteiger partial charge in [0.25, 0.3) is 0 Å². The Hall–Kier alpha value is -2.26. The summed E-state index contributed by atoms with van der Waals surface area (Å²) < 4.78 is 0. The molecule has 2 N–H and O–H groups in total. The Morgan fingerprint density at radius 3 is 2.50 bits per heavy atom. The second-order valence-corrected chi connectivity index (χ2v) is 9.25. The van der Waals surface area contributed by atoms with Crippen LogP contribution in [-0.4, -0.2) is 16.2 Å². The maximum atomic E-state index is 10.7. The fraction of sp³-hybridized carbons (Fsp3) is 0.375. The van der Waals surface area contributed by atoms with Crippen LogP contribution < -0.4 is 0 Å². The van der Waals surface area contributed by atoms with Crippen LogP contribution in [0, 0.1) is 17.8 Å². The molecule has 4 atom stereocenters. The van der Waals surface area contributed by atoms with Gasteiger partial charge in [-0.1, -0.05) is 29.8 Å². The van der Waals surface area contributed by atoms with Gasteiger partial charge in [0.1, 0.15) is 5.75 Å². The maximum absolute atomic E-state index is 10.7. The van der Waals surface area contributed by atoms with Crippen molar-refractivity contribution in [1.82, 2.24) is 0 Å². The number of carbonyl (C=O) groups is 1. The Bertz CT molecular complexity index is 979. The van der Waals surface area contributed by atoms with E-state index in [9.17, 15) is 9.90 Å². The Morgan fingerprint density at radius 1 is 1.07 bits per heavy atom. The van der Waals surface area contributed by atoms with E-state index in [2.05, 4.69) is 6.07 Å². The molecular weight excluding hydrogens is 372 g/mol. The highest BCUT2D eigenvalue weighted by molar-refractivity contribution is 6.33. The highest BCUT2D eigenvalue weighted by Gasteiger charge is 2.59. The Labute approximate surface area is 169 Å². The molecule has 4 aliphatic carbocycles. The number of halogens is 1. The molecule has 4 heteroatoms. The van der Waals surface area contributed by atoms with Crippen LogP contribution in [0.15, 0.2) is 42.5 Å². The molecule has 0 amide bonds. The standard InChI is InChI=1S/C24H23ClO3/c25-21-10-14(2-6-23(27)28)1-4-19(21)17-3-5-22(26)20(11-17)24-12-15-7-16(13-24)9-18(24)8-15/h1-6,10-11,15-16,18,26H,7-9,12-13H2,(H,27,28)/b6-2+/t15-,16+,18?,24?. The second-order valence-electron chi connectivity index (χ2n) is 8.84. The van der Waals surface area contributed by atoms with Gasteiger partial charge in [0.05, 0.1) is 0 Å². The Kier molecular flexibility index (Phi) is 4.06. The van der Waals surface area contributed by atoms with Crippen LogP contribution in [-0.2, 0) is 10.2 Å². The van der Waals surface area contributed by atoms with Crippen molar-refractivity contribution in [3.8, 4) is 16.9 Å². The third-order valence-corrected chi connectivity index (χ3v) is 7.56. The molecule has 3 nitrogen and oxygen atoms in total. The molecule has 2 aromatic carbocycles. The predicted octanol–water partition coefficient (Wildman–Crippen LogP) is 5.89. The number of aromatic hydroxyl groups is 1. The summed E-state index contributed by atoms with van der Waals surface area (Å²) in [4.78, 5) is 10.7. The quantitative estimate of drug-likeness (QED) is 0.636. The summed E-state index contributed by atoms with van der Waals surface area (Å²) in [6.07, 6.45) is 9.05. The van der Waals surface area contributed by atoms with Crippen LogP contribution >= 0.6 is 11.6 Å². The molecule has 2 aromatic rings. The summed E-state index contributed by atoms with van der Waals surface area (Å²) in [6.45, 7) is 0. The van der Waals surface area contributed by atoms with E-state index in [-0.39, 0.29) is 5.41 Å². The number of phenols is 1. The Balaban J connectivity index is 1.53. The zero-order chi connectivity index (χ0) is 19.5. The van der Waals surface area contributed by atoms with Crippen molar-refractivity contribution in [3.05, 3.63) is 58.6 Å². The van der Waals surface area contributed by atoms with Crippen molar-refractivity contribution >= 4 is 23.6 Å². The van der Waals surface area contributed by atoms with Gasteiger partial charge in [0.15, 0.2) is 0 Å². The van der Waals surface area contributed by atoms with E-state index in [1.165, 1.54) is 38.2 Å². The molecule has 4 aliphatic rings. The largest absolute Gasteiger partial charge is 0.508 e. The smallest absolute Gasteiger partial charge is 0.328 e. The number of aliphatic carboxylic acids is 1. The third kappa shape index (κ3) is 2.76. The van der Waals surface area contributed by atoms with Crippen molar-refractivity contribution < 1.29 is 15.0 Å². The highest BCUT2D eigenvalue weighted by Crippen LogP contribution is 2.67. The number of hydrogen-bond donors (Lipinski definition) is 2. The first kappa shape index (κ1) is 17.8. The molecule has 0 spiro atoms.